The van der Waals surface area contributed by atoms with Gasteiger partial charge in [0.15, 0.2) is 15.4 Å². The molecule has 0 bridgehead atoms. The Kier molecular flexibility index (Phi) is 6.18. The zero-order valence-corrected chi connectivity index (χ0v) is 19.6. The summed E-state index contributed by atoms with van der Waals surface area (Å²) in [5, 5.41) is 12.4. The van der Waals surface area contributed by atoms with E-state index in [1.54, 1.807) is 0 Å². The molecule has 2 heterocycles. The molecule has 12 heteroatoms. The lowest BCUT2D eigenvalue weighted by Crippen LogP contribution is -2.47. The van der Waals surface area contributed by atoms with Crippen LogP contribution in [0.1, 0.15) is 36.1 Å². The van der Waals surface area contributed by atoms with Crippen molar-refractivity contribution >= 4 is 27.3 Å². The highest BCUT2D eigenvalue weighted by Gasteiger charge is 2.51. The lowest BCUT2D eigenvalue weighted by molar-refractivity contribution is -0.258. The number of sulfone groups is 1. The fourth-order valence-corrected chi connectivity index (χ4v) is 4.69. The van der Waals surface area contributed by atoms with Crippen molar-refractivity contribution in [1.29, 1.82) is 0 Å². The highest BCUT2D eigenvalue weighted by Crippen LogP contribution is 2.40. The SMILES string of the molecule is CC(O)(c1ccc(NC(=O)C2c3ccc(S(C)(=O)=O)cc3CN2C(=O)C2CCO2)cc1)C(F)(F)F. The molecule has 3 unspecified atom stereocenters. The van der Waals surface area contributed by atoms with Gasteiger partial charge in [-0.25, -0.2) is 8.42 Å². The van der Waals surface area contributed by atoms with Gasteiger partial charge in [0, 0.05) is 24.9 Å². The Morgan fingerprint density at radius 1 is 1.14 bits per heavy atom. The fourth-order valence-electron chi connectivity index (χ4n) is 4.01. The van der Waals surface area contributed by atoms with Crippen LogP contribution < -0.4 is 5.32 Å². The van der Waals surface area contributed by atoms with Crippen molar-refractivity contribution in [2.75, 3.05) is 18.2 Å². The number of amides is 2. The summed E-state index contributed by atoms with van der Waals surface area (Å²) in [5.74, 6) is -1.04. The zero-order valence-electron chi connectivity index (χ0n) is 18.8. The van der Waals surface area contributed by atoms with Crippen molar-refractivity contribution in [3.63, 3.8) is 0 Å². The summed E-state index contributed by atoms with van der Waals surface area (Å²) in [6.45, 7) is 1.05. The molecule has 2 amide bonds. The first-order valence-electron chi connectivity index (χ1n) is 10.7. The van der Waals surface area contributed by atoms with Crippen LogP contribution in [-0.2, 0) is 36.3 Å². The Morgan fingerprint density at radius 3 is 2.29 bits per heavy atom. The van der Waals surface area contributed by atoms with Crippen molar-refractivity contribution in [2.45, 2.75) is 48.7 Å². The number of benzene rings is 2. The van der Waals surface area contributed by atoms with E-state index in [4.69, 9.17) is 4.74 Å². The lowest BCUT2D eigenvalue weighted by Gasteiger charge is -2.32. The van der Waals surface area contributed by atoms with Crippen molar-refractivity contribution < 1.29 is 41.0 Å². The van der Waals surface area contributed by atoms with Crippen LogP contribution >= 0.6 is 0 Å². The minimum absolute atomic E-state index is 0.00284. The highest BCUT2D eigenvalue weighted by molar-refractivity contribution is 7.90. The molecule has 35 heavy (non-hydrogen) atoms. The maximum absolute atomic E-state index is 13.3. The second-order valence-corrected chi connectivity index (χ2v) is 10.8. The molecule has 0 radical (unpaired) electrons. The van der Waals surface area contributed by atoms with Crippen LogP contribution in [0.2, 0.25) is 0 Å². The summed E-state index contributed by atoms with van der Waals surface area (Å²) in [4.78, 5) is 27.6. The molecule has 2 aromatic carbocycles. The molecule has 2 aliphatic rings. The third-order valence-electron chi connectivity index (χ3n) is 6.26. The molecule has 1 saturated heterocycles. The summed E-state index contributed by atoms with van der Waals surface area (Å²) < 4.78 is 68.5. The third kappa shape index (κ3) is 4.65. The molecular weight excluding hydrogens is 489 g/mol. The molecule has 0 aromatic heterocycles. The number of hydrogen-bond donors (Lipinski definition) is 2. The molecule has 188 valence electrons. The summed E-state index contributed by atoms with van der Waals surface area (Å²) in [6, 6.07) is 7.71. The number of nitrogens with one attached hydrogen (secondary N) is 1. The monoisotopic (exact) mass is 512 g/mol. The maximum atomic E-state index is 13.3. The Labute approximate surface area is 199 Å². The normalized spacial score (nSPS) is 21.6. The number of carbonyl (C=O) groups excluding carboxylic acids is 2. The Balaban J connectivity index is 1.62. The molecule has 4 rings (SSSR count). The second kappa shape index (κ2) is 8.61. The van der Waals surface area contributed by atoms with Crippen molar-refractivity contribution in [3.8, 4) is 0 Å². The predicted octanol–water partition coefficient (Wildman–Crippen LogP) is 2.67. The van der Waals surface area contributed by atoms with E-state index >= 15 is 0 Å². The van der Waals surface area contributed by atoms with E-state index in [0.29, 0.717) is 31.1 Å². The molecule has 0 aliphatic carbocycles. The van der Waals surface area contributed by atoms with Gasteiger partial charge in [0.25, 0.3) is 11.8 Å². The van der Waals surface area contributed by atoms with Crippen LogP contribution in [0.5, 0.6) is 0 Å². The number of hydrogen-bond acceptors (Lipinski definition) is 6. The molecule has 2 N–H and O–H groups in total. The van der Waals surface area contributed by atoms with Gasteiger partial charge in [-0.15, -0.1) is 0 Å². The van der Waals surface area contributed by atoms with Gasteiger partial charge in [-0.05, 0) is 47.9 Å². The summed E-state index contributed by atoms with van der Waals surface area (Å²) in [5.41, 5.74) is -2.37. The summed E-state index contributed by atoms with van der Waals surface area (Å²) >= 11 is 0. The number of nitrogens with zero attached hydrogens (tertiary/aromatic N) is 1. The first-order valence-corrected chi connectivity index (χ1v) is 12.5. The van der Waals surface area contributed by atoms with E-state index in [1.807, 2.05) is 0 Å². The Hall–Kier alpha value is -2.96. The smallest absolute Gasteiger partial charge is 0.376 e. The van der Waals surface area contributed by atoms with Gasteiger partial charge < -0.3 is 20.1 Å². The zero-order chi connectivity index (χ0) is 25.8. The van der Waals surface area contributed by atoms with E-state index in [1.165, 1.54) is 35.2 Å². The molecular formula is C23H23F3N2O6S. The van der Waals surface area contributed by atoms with Gasteiger partial charge >= 0.3 is 6.18 Å². The Bertz CT molecular complexity index is 1270. The lowest BCUT2D eigenvalue weighted by atomic mass is 9.95. The van der Waals surface area contributed by atoms with E-state index in [2.05, 4.69) is 5.32 Å². The molecule has 3 atom stereocenters. The van der Waals surface area contributed by atoms with Crippen LogP contribution in [0.25, 0.3) is 0 Å². The van der Waals surface area contributed by atoms with Gasteiger partial charge in [0.2, 0.25) is 0 Å². The number of ether oxygens (including phenoxy) is 1. The quantitative estimate of drug-likeness (QED) is 0.637. The average Bonchev–Trinajstić information content (AvgIpc) is 3.10. The van der Waals surface area contributed by atoms with Crippen LogP contribution in [-0.4, -0.2) is 55.4 Å². The number of anilines is 1. The molecule has 8 nitrogen and oxygen atoms in total. The molecule has 2 aromatic rings. The van der Waals surface area contributed by atoms with Gasteiger partial charge in [-0.1, -0.05) is 18.2 Å². The van der Waals surface area contributed by atoms with Crippen LogP contribution in [0, 0.1) is 0 Å². The number of alkyl halides is 3. The molecule has 0 spiro atoms. The van der Waals surface area contributed by atoms with Crippen molar-refractivity contribution in [1.82, 2.24) is 4.90 Å². The first kappa shape index (κ1) is 25.1. The average molecular weight is 513 g/mol. The number of fused-ring (bicyclic) bond motifs is 1. The fraction of sp³-hybridized carbons (Fsp3) is 0.391. The van der Waals surface area contributed by atoms with E-state index in [-0.39, 0.29) is 17.1 Å². The second-order valence-electron chi connectivity index (χ2n) is 8.79. The van der Waals surface area contributed by atoms with Gasteiger partial charge in [-0.3, -0.25) is 9.59 Å². The van der Waals surface area contributed by atoms with Crippen LogP contribution in [0.4, 0.5) is 18.9 Å². The van der Waals surface area contributed by atoms with Crippen LogP contribution in [0.15, 0.2) is 47.4 Å². The minimum atomic E-state index is -4.89. The number of halogens is 3. The standard InChI is InChI=1S/C23H23F3N2O6S/c1-22(31,23(24,25)26)14-3-5-15(6-4-14)27-20(29)19-17-8-7-16(35(2,32)33)11-13(17)12-28(19)21(30)18-9-10-34-18/h3-8,11,18-19,31H,9-10,12H2,1-2H3,(H,27,29). The number of carbonyl (C=O) groups is 2. The van der Waals surface area contributed by atoms with Gasteiger partial charge in [0.05, 0.1) is 11.5 Å². The molecule has 2 aliphatic heterocycles. The van der Waals surface area contributed by atoms with Crippen molar-refractivity contribution in [2.24, 2.45) is 0 Å². The summed E-state index contributed by atoms with van der Waals surface area (Å²) in [6.07, 6.45) is -4.04. The largest absolute Gasteiger partial charge is 0.421 e. The minimum Gasteiger partial charge on any atom is -0.376 e. The van der Waals surface area contributed by atoms with Gasteiger partial charge in [-0.2, -0.15) is 13.2 Å². The Morgan fingerprint density at radius 2 is 1.77 bits per heavy atom. The topological polar surface area (TPSA) is 113 Å². The third-order valence-corrected chi connectivity index (χ3v) is 7.37. The first-order chi connectivity index (χ1) is 16.2. The van der Waals surface area contributed by atoms with Gasteiger partial charge in [0.1, 0.15) is 12.1 Å². The van der Waals surface area contributed by atoms with E-state index < -0.39 is 51.1 Å². The predicted molar refractivity (Wildman–Crippen MR) is 118 cm³/mol. The molecule has 0 saturated carbocycles. The highest BCUT2D eigenvalue weighted by atomic mass is 32.2. The van der Waals surface area contributed by atoms with E-state index in [0.717, 1.165) is 18.4 Å². The van der Waals surface area contributed by atoms with E-state index in [9.17, 15) is 36.3 Å². The van der Waals surface area contributed by atoms with Crippen molar-refractivity contribution in [3.05, 3.63) is 59.2 Å². The number of aliphatic hydroxyl groups is 1. The molecule has 1 fully saturated rings. The summed E-state index contributed by atoms with van der Waals surface area (Å²) in [7, 11) is -3.51. The number of rotatable bonds is 5. The maximum Gasteiger partial charge on any atom is 0.421 e. The van der Waals surface area contributed by atoms with Crippen LogP contribution in [0.3, 0.4) is 0 Å².